The van der Waals surface area contributed by atoms with Crippen molar-refractivity contribution in [2.45, 2.75) is 24.4 Å². The Bertz CT molecular complexity index is 526. The zero-order chi connectivity index (χ0) is 18.9. The summed E-state index contributed by atoms with van der Waals surface area (Å²) in [7, 11) is -2.09. The molecular formula is C13H26F3IN4O4S. The van der Waals surface area contributed by atoms with E-state index in [-0.39, 0.29) is 55.9 Å². The normalized spacial score (nSPS) is 17.7. The van der Waals surface area contributed by atoms with Gasteiger partial charge in [-0.2, -0.15) is 17.5 Å². The number of halogens is 4. The average Bonchev–Trinajstić information content (AvgIpc) is 2.56. The van der Waals surface area contributed by atoms with Crippen LogP contribution < -0.4 is 10.6 Å². The fourth-order valence-corrected chi connectivity index (χ4v) is 3.25. The van der Waals surface area contributed by atoms with Gasteiger partial charge >= 0.3 is 15.5 Å². The van der Waals surface area contributed by atoms with Gasteiger partial charge in [-0.15, -0.1) is 24.0 Å². The summed E-state index contributed by atoms with van der Waals surface area (Å²) in [5, 5.41) is 6.09. The van der Waals surface area contributed by atoms with Crippen molar-refractivity contribution >= 4 is 40.0 Å². The maximum absolute atomic E-state index is 12.5. The fourth-order valence-electron chi connectivity index (χ4n) is 2.26. The van der Waals surface area contributed by atoms with Gasteiger partial charge in [-0.1, -0.05) is 0 Å². The Morgan fingerprint density at radius 3 is 2.35 bits per heavy atom. The first kappa shape index (κ1) is 25.6. The Morgan fingerprint density at radius 1 is 1.23 bits per heavy atom. The summed E-state index contributed by atoms with van der Waals surface area (Å²) < 4.78 is 71.0. The molecule has 0 spiro atoms. The van der Waals surface area contributed by atoms with Crippen molar-refractivity contribution in [1.29, 1.82) is 0 Å². The molecule has 0 bridgehead atoms. The standard InChI is InChI=1S/C13H25F3N4O4S.HI/c1-17-12(18-5-8-24-10-9-23-2)19-11-3-6-20(7-4-11)25(21,22)13(14,15)16;/h11H,3-10H2,1-2H3,(H2,17,18,19);1H. The van der Waals surface area contributed by atoms with Gasteiger partial charge in [0.2, 0.25) is 0 Å². The van der Waals surface area contributed by atoms with Crippen molar-refractivity contribution in [2.75, 3.05) is 53.6 Å². The van der Waals surface area contributed by atoms with E-state index in [1.165, 1.54) is 0 Å². The third-order valence-corrected chi connectivity index (χ3v) is 5.25. The molecule has 1 saturated heterocycles. The van der Waals surface area contributed by atoms with Gasteiger partial charge in [0, 0.05) is 39.8 Å². The van der Waals surface area contributed by atoms with E-state index in [4.69, 9.17) is 9.47 Å². The SMILES string of the molecule is CN=C(NCCOCCOC)NC1CCN(S(=O)(=O)C(F)(F)F)CC1.I. The van der Waals surface area contributed by atoms with Gasteiger partial charge in [0.15, 0.2) is 5.96 Å². The molecule has 26 heavy (non-hydrogen) atoms. The monoisotopic (exact) mass is 518 g/mol. The molecule has 0 atom stereocenters. The molecule has 0 aromatic carbocycles. The molecular weight excluding hydrogens is 492 g/mol. The Balaban J connectivity index is 0.00000625. The second-order valence-electron chi connectivity index (χ2n) is 5.37. The van der Waals surface area contributed by atoms with Crippen molar-refractivity contribution in [3.63, 3.8) is 0 Å². The van der Waals surface area contributed by atoms with E-state index >= 15 is 0 Å². The maximum atomic E-state index is 12.5. The lowest BCUT2D eigenvalue weighted by atomic mass is 10.1. The minimum Gasteiger partial charge on any atom is -0.382 e. The summed E-state index contributed by atoms with van der Waals surface area (Å²) in [6.45, 7) is 1.58. The highest BCUT2D eigenvalue weighted by atomic mass is 127. The second kappa shape index (κ2) is 12.2. The van der Waals surface area contributed by atoms with Crippen LogP contribution in [0.4, 0.5) is 13.2 Å². The molecule has 0 amide bonds. The van der Waals surface area contributed by atoms with Gasteiger partial charge in [0.05, 0.1) is 19.8 Å². The molecule has 8 nitrogen and oxygen atoms in total. The van der Waals surface area contributed by atoms with E-state index in [2.05, 4.69) is 15.6 Å². The van der Waals surface area contributed by atoms with E-state index in [1.54, 1.807) is 14.2 Å². The number of nitrogens with one attached hydrogen (secondary N) is 2. The lowest BCUT2D eigenvalue weighted by Gasteiger charge is -2.32. The summed E-state index contributed by atoms with van der Waals surface area (Å²) in [5.41, 5.74) is -5.26. The molecule has 0 aliphatic carbocycles. The molecule has 156 valence electrons. The first-order chi connectivity index (χ1) is 11.7. The number of methoxy groups -OCH3 is 1. The maximum Gasteiger partial charge on any atom is 0.511 e. The highest BCUT2D eigenvalue weighted by molar-refractivity contribution is 14.0. The molecule has 0 aromatic heterocycles. The highest BCUT2D eigenvalue weighted by Gasteiger charge is 2.50. The van der Waals surface area contributed by atoms with E-state index in [0.29, 0.717) is 36.6 Å². The number of rotatable bonds is 8. The van der Waals surface area contributed by atoms with Crippen LogP contribution in [0.5, 0.6) is 0 Å². The summed E-state index contributed by atoms with van der Waals surface area (Å²) in [6, 6.07) is -0.153. The first-order valence-corrected chi connectivity index (χ1v) is 9.26. The minimum absolute atomic E-state index is 0. The van der Waals surface area contributed by atoms with E-state index in [0.717, 1.165) is 0 Å². The van der Waals surface area contributed by atoms with Crippen LogP contribution in [0.2, 0.25) is 0 Å². The first-order valence-electron chi connectivity index (χ1n) is 7.82. The summed E-state index contributed by atoms with van der Waals surface area (Å²) in [4.78, 5) is 4.03. The van der Waals surface area contributed by atoms with Crippen LogP contribution in [0.15, 0.2) is 4.99 Å². The third-order valence-electron chi connectivity index (χ3n) is 3.62. The van der Waals surface area contributed by atoms with Gasteiger partial charge < -0.3 is 20.1 Å². The highest BCUT2D eigenvalue weighted by Crippen LogP contribution is 2.28. The summed E-state index contributed by atoms with van der Waals surface area (Å²) >= 11 is 0. The zero-order valence-electron chi connectivity index (χ0n) is 14.7. The number of hydrogen-bond donors (Lipinski definition) is 2. The number of nitrogens with zero attached hydrogens (tertiary/aromatic N) is 2. The predicted octanol–water partition coefficient (Wildman–Crippen LogP) is 0.746. The van der Waals surface area contributed by atoms with Crippen molar-refractivity contribution in [1.82, 2.24) is 14.9 Å². The van der Waals surface area contributed by atoms with Crippen LogP contribution >= 0.6 is 24.0 Å². The topological polar surface area (TPSA) is 92.3 Å². The molecule has 2 N–H and O–H groups in total. The van der Waals surface area contributed by atoms with Crippen LogP contribution in [0.3, 0.4) is 0 Å². The fraction of sp³-hybridized carbons (Fsp3) is 0.923. The van der Waals surface area contributed by atoms with Gasteiger partial charge in [-0.3, -0.25) is 4.99 Å². The van der Waals surface area contributed by atoms with E-state index in [1.807, 2.05) is 0 Å². The molecule has 0 aromatic rings. The zero-order valence-corrected chi connectivity index (χ0v) is 17.9. The number of alkyl halides is 3. The van der Waals surface area contributed by atoms with Crippen molar-refractivity contribution in [3.8, 4) is 0 Å². The second-order valence-corrected chi connectivity index (χ2v) is 7.30. The Morgan fingerprint density at radius 2 is 1.85 bits per heavy atom. The van der Waals surface area contributed by atoms with Gasteiger partial charge in [-0.25, -0.2) is 8.42 Å². The molecule has 1 aliphatic rings. The average molecular weight is 518 g/mol. The predicted molar refractivity (Wildman–Crippen MR) is 102 cm³/mol. The van der Waals surface area contributed by atoms with Crippen molar-refractivity contribution < 1.29 is 31.1 Å². The lowest BCUT2D eigenvalue weighted by molar-refractivity contribution is -0.0494. The van der Waals surface area contributed by atoms with Crippen LogP contribution in [0, 0.1) is 0 Å². The number of hydrogen-bond acceptors (Lipinski definition) is 5. The largest absolute Gasteiger partial charge is 0.511 e. The molecule has 0 saturated carbocycles. The summed E-state index contributed by atoms with van der Waals surface area (Å²) in [5.74, 6) is 0.493. The Hall–Kier alpha value is -0.380. The van der Waals surface area contributed by atoms with Crippen LogP contribution in [-0.4, -0.2) is 83.8 Å². The number of guanidine groups is 1. The van der Waals surface area contributed by atoms with Gasteiger partial charge in [0.1, 0.15) is 0 Å². The molecule has 13 heteroatoms. The summed E-state index contributed by atoms with van der Waals surface area (Å²) in [6.07, 6.45) is 0.528. The number of piperidine rings is 1. The number of sulfonamides is 1. The van der Waals surface area contributed by atoms with Crippen LogP contribution in [-0.2, 0) is 19.5 Å². The number of aliphatic imine (C=N–C) groups is 1. The smallest absolute Gasteiger partial charge is 0.382 e. The van der Waals surface area contributed by atoms with Crippen molar-refractivity contribution in [3.05, 3.63) is 0 Å². The molecule has 1 fully saturated rings. The quantitative estimate of drug-likeness (QED) is 0.213. The number of ether oxygens (including phenoxy) is 2. The molecule has 0 unspecified atom stereocenters. The van der Waals surface area contributed by atoms with Crippen LogP contribution in [0.25, 0.3) is 0 Å². The third kappa shape index (κ3) is 8.10. The Labute approximate surface area is 168 Å². The molecule has 1 rings (SSSR count). The van der Waals surface area contributed by atoms with E-state index < -0.39 is 15.5 Å². The minimum atomic E-state index is -5.26. The molecule has 0 radical (unpaired) electrons. The van der Waals surface area contributed by atoms with Gasteiger partial charge in [-0.05, 0) is 12.8 Å². The lowest BCUT2D eigenvalue weighted by Crippen LogP contribution is -2.52. The Kier molecular flexibility index (Phi) is 12.0. The van der Waals surface area contributed by atoms with Crippen LogP contribution in [0.1, 0.15) is 12.8 Å². The molecule has 1 aliphatic heterocycles. The van der Waals surface area contributed by atoms with Crippen molar-refractivity contribution in [2.24, 2.45) is 4.99 Å². The van der Waals surface area contributed by atoms with Gasteiger partial charge in [0.25, 0.3) is 0 Å². The van der Waals surface area contributed by atoms with E-state index in [9.17, 15) is 21.6 Å². The molecule has 1 heterocycles.